The van der Waals surface area contributed by atoms with Crippen LogP contribution in [0.4, 0.5) is 11.4 Å². The molecule has 0 heterocycles. The van der Waals surface area contributed by atoms with Crippen molar-refractivity contribution in [3.05, 3.63) is 102 Å². The SMILES string of the molecule is C=C(Nc1ccccc1C)c1ccc(C(C)=Nc2ccccc2C)cc1. The number of para-hydroxylation sites is 2. The summed E-state index contributed by atoms with van der Waals surface area (Å²) < 4.78 is 0. The predicted octanol–water partition coefficient (Wildman–Crippen LogP) is 6.53. The van der Waals surface area contributed by atoms with Crippen molar-refractivity contribution in [2.24, 2.45) is 4.99 Å². The lowest BCUT2D eigenvalue weighted by Gasteiger charge is -2.12. The Hall–Kier alpha value is -3.13. The number of rotatable bonds is 5. The fourth-order valence-electron chi connectivity index (χ4n) is 2.79. The first kappa shape index (κ1) is 17.7. The molecule has 130 valence electrons. The molecule has 0 saturated heterocycles. The van der Waals surface area contributed by atoms with E-state index in [1.54, 1.807) is 0 Å². The Morgan fingerprint density at radius 1 is 0.769 bits per heavy atom. The molecule has 0 atom stereocenters. The Morgan fingerprint density at radius 3 is 2.00 bits per heavy atom. The number of anilines is 1. The molecule has 0 aromatic heterocycles. The van der Waals surface area contributed by atoms with E-state index in [0.717, 1.165) is 33.9 Å². The van der Waals surface area contributed by atoms with Crippen molar-refractivity contribution in [1.29, 1.82) is 0 Å². The Kier molecular flexibility index (Phi) is 5.33. The zero-order valence-corrected chi connectivity index (χ0v) is 15.6. The van der Waals surface area contributed by atoms with Gasteiger partial charge in [-0.05, 0) is 55.2 Å². The molecule has 26 heavy (non-hydrogen) atoms. The van der Waals surface area contributed by atoms with E-state index in [2.05, 4.69) is 68.2 Å². The second kappa shape index (κ2) is 7.83. The highest BCUT2D eigenvalue weighted by molar-refractivity contribution is 6.00. The maximum Gasteiger partial charge on any atom is 0.0662 e. The third kappa shape index (κ3) is 4.09. The molecule has 0 aliphatic carbocycles. The van der Waals surface area contributed by atoms with Crippen LogP contribution in [0.2, 0.25) is 0 Å². The molecule has 0 spiro atoms. The summed E-state index contributed by atoms with van der Waals surface area (Å²) in [6, 6.07) is 24.7. The molecule has 0 saturated carbocycles. The molecule has 1 N–H and O–H groups in total. The largest absolute Gasteiger partial charge is 0.355 e. The Bertz CT molecular complexity index is 950. The summed E-state index contributed by atoms with van der Waals surface area (Å²) in [4.78, 5) is 4.76. The van der Waals surface area contributed by atoms with Crippen LogP contribution in [0.3, 0.4) is 0 Å². The van der Waals surface area contributed by atoms with Crippen LogP contribution in [-0.4, -0.2) is 5.71 Å². The minimum atomic E-state index is 0.888. The van der Waals surface area contributed by atoms with Gasteiger partial charge >= 0.3 is 0 Å². The van der Waals surface area contributed by atoms with Crippen molar-refractivity contribution in [2.75, 3.05) is 5.32 Å². The Balaban J connectivity index is 1.77. The van der Waals surface area contributed by atoms with Crippen LogP contribution in [0.5, 0.6) is 0 Å². The molecule has 3 aromatic carbocycles. The maximum absolute atomic E-state index is 4.76. The second-order valence-corrected chi connectivity index (χ2v) is 6.48. The highest BCUT2D eigenvalue weighted by atomic mass is 14.9. The van der Waals surface area contributed by atoms with E-state index >= 15 is 0 Å². The number of hydrogen-bond acceptors (Lipinski definition) is 2. The number of hydrogen-bond donors (Lipinski definition) is 1. The average Bonchev–Trinajstić information content (AvgIpc) is 2.65. The lowest BCUT2D eigenvalue weighted by atomic mass is 10.1. The van der Waals surface area contributed by atoms with Crippen molar-refractivity contribution in [3.63, 3.8) is 0 Å². The minimum Gasteiger partial charge on any atom is -0.355 e. The number of aliphatic imine (C=N–C) groups is 1. The van der Waals surface area contributed by atoms with Crippen molar-refractivity contribution >= 4 is 22.8 Å². The summed E-state index contributed by atoms with van der Waals surface area (Å²) in [5.74, 6) is 0. The van der Waals surface area contributed by atoms with Gasteiger partial charge in [-0.25, -0.2) is 0 Å². The third-order valence-corrected chi connectivity index (χ3v) is 4.49. The van der Waals surface area contributed by atoms with E-state index in [1.165, 1.54) is 11.1 Å². The molecule has 0 amide bonds. The van der Waals surface area contributed by atoms with E-state index in [-0.39, 0.29) is 0 Å². The van der Waals surface area contributed by atoms with Crippen molar-refractivity contribution in [3.8, 4) is 0 Å². The lowest BCUT2D eigenvalue weighted by Crippen LogP contribution is -2.00. The third-order valence-electron chi connectivity index (χ3n) is 4.49. The molecule has 2 nitrogen and oxygen atoms in total. The van der Waals surface area contributed by atoms with Gasteiger partial charge in [0.05, 0.1) is 5.69 Å². The van der Waals surface area contributed by atoms with Crippen molar-refractivity contribution in [2.45, 2.75) is 20.8 Å². The predicted molar refractivity (Wildman–Crippen MR) is 113 cm³/mol. The first-order chi connectivity index (χ1) is 12.5. The molecule has 0 aliphatic rings. The van der Waals surface area contributed by atoms with Gasteiger partial charge in [0.2, 0.25) is 0 Å². The molecule has 0 unspecified atom stereocenters. The number of nitrogens with zero attached hydrogens (tertiary/aromatic N) is 1. The van der Waals surface area contributed by atoms with E-state index in [0.29, 0.717) is 0 Å². The summed E-state index contributed by atoms with van der Waals surface area (Å²) in [7, 11) is 0. The average molecular weight is 340 g/mol. The Labute approximate surface area is 155 Å². The standard InChI is InChI=1S/C24H24N2/c1-17-9-5-7-11-23(17)25-19(3)21-13-15-22(16-14-21)20(4)26-24-12-8-6-10-18(24)2/h5-16,25H,3H2,1-2,4H3. The summed E-state index contributed by atoms with van der Waals surface area (Å²) in [5.41, 5.74) is 8.55. The summed E-state index contributed by atoms with van der Waals surface area (Å²) in [5, 5.41) is 3.40. The molecule has 0 radical (unpaired) electrons. The van der Waals surface area contributed by atoms with Crippen LogP contribution in [-0.2, 0) is 0 Å². The highest BCUT2D eigenvalue weighted by Gasteiger charge is 2.04. The van der Waals surface area contributed by atoms with Crippen LogP contribution < -0.4 is 5.32 Å². The molecule has 3 aromatic rings. The van der Waals surface area contributed by atoms with Crippen LogP contribution in [0.15, 0.2) is 84.4 Å². The zero-order chi connectivity index (χ0) is 18.5. The molecule has 0 bridgehead atoms. The molecule has 0 aliphatic heterocycles. The van der Waals surface area contributed by atoms with E-state index in [4.69, 9.17) is 4.99 Å². The maximum atomic E-state index is 4.76. The quantitative estimate of drug-likeness (QED) is 0.525. The van der Waals surface area contributed by atoms with Crippen molar-refractivity contribution in [1.82, 2.24) is 0 Å². The summed E-state index contributed by atoms with van der Waals surface area (Å²) in [6.45, 7) is 10.4. The van der Waals surface area contributed by atoms with Gasteiger partial charge in [-0.1, -0.05) is 67.2 Å². The van der Waals surface area contributed by atoms with Gasteiger partial charge in [-0.2, -0.15) is 0 Å². The van der Waals surface area contributed by atoms with Crippen molar-refractivity contribution < 1.29 is 0 Å². The van der Waals surface area contributed by atoms with E-state index < -0.39 is 0 Å². The smallest absolute Gasteiger partial charge is 0.0662 e. The first-order valence-electron chi connectivity index (χ1n) is 8.78. The van der Waals surface area contributed by atoms with E-state index in [1.807, 2.05) is 37.3 Å². The fraction of sp³-hybridized carbons (Fsp3) is 0.125. The van der Waals surface area contributed by atoms with Gasteiger partial charge in [-0.15, -0.1) is 0 Å². The van der Waals surface area contributed by atoms with Crippen LogP contribution in [0.1, 0.15) is 29.2 Å². The second-order valence-electron chi connectivity index (χ2n) is 6.48. The highest BCUT2D eigenvalue weighted by Crippen LogP contribution is 2.22. The van der Waals surface area contributed by atoms with Gasteiger partial charge in [-0.3, -0.25) is 4.99 Å². The number of benzene rings is 3. The topological polar surface area (TPSA) is 24.4 Å². The summed E-state index contributed by atoms with van der Waals surface area (Å²) in [6.07, 6.45) is 0. The molecule has 0 fully saturated rings. The monoisotopic (exact) mass is 340 g/mol. The van der Waals surface area contributed by atoms with Gasteiger partial charge in [0.1, 0.15) is 0 Å². The van der Waals surface area contributed by atoms with Gasteiger partial charge < -0.3 is 5.32 Å². The molecule has 3 rings (SSSR count). The van der Waals surface area contributed by atoms with Crippen LogP contribution >= 0.6 is 0 Å². The normalized spacial score (nSPS) is 11.3. The van der Waals surface area contributed by atoms with Gasteiger partial charge in [0.25, 0.3) is 0 Å². The van der Waals surface area contributed by atoms with Gasteiger partial charge in [0, 0.05) is 17.1 Å². The lowest BCUT2D eigenvalue weighted by molar-refractivity contribution is 1.38. The zero-order valence-electron chi connectivity index (χ0n) is 15.6. The van der Waals surface area contributed by atoms with Crippen LogP contribution in [0.25, 0.3) is 5.70 Å². The molecule has 2 heteroatoms. The van der Waals surface area contributed by atoms with Gasteiger partial charge in [0.15, 0.2) is 0 Å². The molecular formula is C24H24N2. The minimum absolute atomic E-state index is 0.888. The molecular weight excluding hydrogens is 316 g/mol. The Morgan fingerprint density at radius 2 is 1.35 bits per heavy atom. The first-order valence-corrected chi connectivity index (χ1v) is 8.78. The fourth-order valence-corrected chi connectivity index (χ4v) is 2.79. The van der Waals surface area contributed by atoms with Crippen LogP contribution in [0, 0.1) is 13.8 Å². The van der Waals surface area contributed by atoms with E-state index in [9.17, 15) is 0 Å². The summed E-state index contributed by atoms with van der Waals surface area (Å²) >= 11 is 0. The number of aryl methyl sites for hydroxylation is 2. The number of nitrogens with one attached hydrogen (secondary N) is 1.